The second-order valence-corrected chi connectivity index (χ2v) is 3.09. The maximum Gasteiger partial charge on any atom is 0.337 e. The zero-order valence-electron chi connectivity index (χ0n) is 7.06. The summed E-state index contributed by atoms with van der Waals surface area (Å²) in [5, 5.41) is 26.3. The molecule has 0 aromatic heterocycles. The Bertz CT molecular complexity index is 423. The SMILES string of the molecule is N#Cc1cc(S)c(C(=O)O)c(CO)c1. The molecule has 0 aliphatic heterocycles. The highest BCUT2D eigenvalue weighted by Gasteiger charge is 2.14. The molecule has 0 aliphatic carbocycles. The Balaban J connectivity index is 3.44. The van der Waals surface area contributed by atoms with Gasteiger partial charge < -0.3 is 10.2 Å². The standard InChI is InChI=1S/C9H7NO3S/c10-3-5-1-6(4-11)8(9(12)13)7(14)2-5/h1-2,11,14H,4H2,(H,12,13). The van der Waals surface area contributed by atoms with Crippen molar-refractivity contribution in [2.24, 2.45) is 0 Å². The van der Waals surface area contributed by atoms with Crippen LogP contribution >= 0.6 is 12.6 Å². The third-order valence-electron chi connectivity index (χ3n) is 1.71. The molecule has 14 heavy (non-hydrogen) atoms. The number of aliphatic hydroxyl groups is 1. The number of hydrogen-bond acceptors (Lipinski definition) is 4. The Morgan fingerprint density at radius 1 is 1.57 bits per heavy atom. The van der Waals surface area contributed by atoms with Crippen molar-refractivity contribution in [3.8, 4) is 6.07 Å². The molecule has 0 fully saturated rings. The van der Waals surface area contributed by atoms with Crippen LogP contribution in [0.5, 0.6) is 0 Å². The second kappa shape index (κ2) is 4.13. The van der Waals surface area contributed by atoms with Gasteiger partial charge in [-0.1, -0.05) is 0 Å². The molecule has 72 valence electrons. The molecule has 0 saturated carbocycles. The highest BCUT2D eigenvalue weighted by molar-refractivity contribution is 7.80. The molecular formula is C9H7NO3S. The van der Waals surface area contributed by atoms with Gasteiger partial charge in [0.05, 0.1) is 23.8 Å². The Kier molecular flexibility index (Phi) is 3.12. The number of carbonyl (C=O) groups is 1. The third kappa shape index (κ3) is 1.87. The highest BCUT2D eigenvalue weighted by Crippen LogP contribution is 2.21. The first-order valence-electron chi connectivity index (χ1n) is 3.70. The number of aromatic carboxylic acids is 1. The highest BCUT2D eigenvalue weighted by atomic mass is 32.1. The van der Waals surface area contributed by atoms with Gasteiger partial charge in [-0.3, -0.25) is 0 Å². The first-order valence-corrected chi connectivity index (χ1v) is 4.15. The molecule has 0 atom stereocenters. The van der Waals surface area contributed by atoms with Crippen molar-refractivity contribution in [2.75, 3.05) is 0 Å². The van der Waals surface area contributed by atoms with Crippen LogP contribution in [0.1, 0.15) is 21.5 Å². The number of rotatable bonds is 2. The van der Waals surface area contributed by atoms with Gasteiger partial charge in [0, 0.05) is 4.90 Å². The van der Waals surface area contributed by atoms with E-state index in [0.717, 1.165) is 0 Å². The summed E-state index contributed by atoms with van der Waals surface area (Å²) in [6, 6.07) is 4.55. The third-order valence-corrected chi connectivity index (χ3v) is 2.07. The predicted molar refractivity (Wildman–Crippen MR) is 51.3 cm³/mol. The second-order valence-electron chi connectivity index (χ2n) is 2.60. The lowest BCUT2D eigenvalue weighted by atomic mass is 10.0. The molecule has 0 spiro atoms. The summed E-state index contributed by atoms with van der Waals surface area (Å²) in [7, 11) is 0. The average molecular weight is 209 g/mol. The number of nitriles is 1. The minimum atomic E-state index is -1.16. The molecule has 1 aromatic carbocycles. The number of carboxylic acid groups (broad SMARTS) is 1. The fourth-order valence-electron chi connectivity index (χ4n) is 1.12. The maximum atomic E-state index is 10.8. The van der Waals surface area contributed by atoms with Crippen LogP contribution in [0.3, 0.4) is 0 Å². The van der Waals surface area contributed by atoms with Gasteiger partial charge in [-0.25, -0.2) is 4.79 Å². The molecule has 0 radical (unpaired) electrons. The van der Waals surface area contributed by atoms with Crippen molar-refractivity contribution >= 4 is 18.6 Å². The minimum absolute atomic E-state index is 0.0603. The van der Waals surface area contributed by atoms with Crippen molar-refractivity contribution < 1.29 is 15.0 Å². The normalized spacial score (nSPS) is 9.50. The average Bonchev–Trinajstić information content (AvgIpc) is 2.15. The number of carboxylic acids is 1. The van der Waals surface area contributed by atoms with E-state index < -0.39 is 12.6 Å². The van der Waals surface area contributed by atoms with Crippen LogP contribution in [0.2, 0.25) is 0 Å². The molecule has 0 saturated heterocycles. The number of benzene rings is 1. The van der Waals surface area contributed by atoms with Crippen molar-refractivity contribution in [1.29, 1.82) is 5.26 Å². The van der Waals surface area contributed by atoms with Crippen molar-refractivity contribution in [3.63, 3.8) is 0 Å². The van der Waals surface area contributed by atoms with Gasteiger partial charge in [-0.15, -0.1) is 12.6 Å². The van der Waals surface area contributed by atoms with Gasteiger partial charge in [0.25, 0.3) is 0 Å². The molecule has 2 N–H and O–H groups in total. The molecule has 0 bridgehead atoms. The van der Waals surface area contributed by atoms with Gasteiger partial charge in [-0.2, -0.15) is 5.26 Å². The minimum Gasteiger partial charge on any atom is -0.478 e. The number of hydrogen-bond donors (Lipinski definition) is 3. The maximum absolute atomic E-state index is 10.8. The summed E-state index contributed by atoms with van der Waals surface area (Å²) in [6.07, 6.45) is 0. The van der Waals surface area contributed by atoms with E-state index in [4.69, 9.17) is 15.5 Å². The summed E-state index contributed by atoms with van der Waals surface area (Å²) in [5.74, 6) is -1.16. The van der Waals surface area contributed by atoms with Crippen LogP contribution < -0.4 is 0 Å². The summed E-state index contributed by atoms with van der Waals surface area (Å²) in [4.78, 5) is 10.9. The molecule has 1 rings (SSSR count). The van der Waals surface area contributed by atoms with Crippen LogP contribution in [0, 0.1) is 11.3 Å². The Morgan fingerprint density at radius 3 is 2.64 bits per heavy atom. The zero-order chi connectivity index (χ0) is 10.7. The fraction of sp³-hybridized carbons (Fsp3) is 0.111. The van der Waals surface area contributed by atoms with E-state index in [1.807, 2.05) is 6.07 Å². The largest absolute Gasteiger partial charge is 0.478 e. The quantitative estimate of drug-likeness (QED) is 0.635. The zero-order valence-corrected chi connectivity index (χ0v) is 7.95. The Labute approximate surface area is 85.8 Å². The molecule has 0 amide bonds. The lowest BCUT2D eigenvalue weighted by Crippen LogP contribution is -2.04. The first kappa shape index (κ1) is 10.6. The van der Waals surface area contributed by atoms with E-state index in [1.54, 1.807) is 0 Å². The van der Waals surface area contributed by atoms with Crippen LogP contribution in [0.15, 0.2) is 17.0 Å². The molecule has 4 nitrogen and oxygen atoms in total. The monoisotopic (exact) mass is 209 g/mol. The van der Waals surface area contributed by atoms with Crippen molar-refractivity contribution in [2.45, 2.75) is 11.5 Å². The van der Waals surface area contributed by atoms with E-state index in [-0.39, 0.29) is 21.6 Å². The van der Waals surface area contributed by atoms with Gasteiger partial charge in [0.15, 0.2) is 0 Å². The molecule has 1 aromatic rings. The van der Waals surface area contributed by atoms with E-state index in [0.29, 0.717) is 0 Å². The van der Waals surface area contributed by atoms with Crippen molar-refractivity contribution in [3.05, 3.63) is 28.8 Å². The lowest BCUT2D eigenvalue weighted by molar-refractivity contribution is 0.0689. The molecule has 0 heterocycles. The topological polar surface area (TPSA) is 81.3 Å². The number of thiol groups is 1. The molecule has 0 aliphatic rings. The number of aliphatic hydroxyl groups excluding tert-OH is 1. The molecule has 0 unspecified atom stereocenters. The van der Waals surface area contributed by atoms with Crippen LogP contribution in [-0.4, -0.2) is 16.2 Å². The number of nitrogens with zero attached hydrogens (tertiary/aromatic N) is 1. The van der Waals surface area contributed by atoms with Gasteiger partial charge in [0.2, 0.25) is 0 Å². The summed E-state index contributed by atoms with van der Waals surface area (Å²) < 4.78 is 0. The van der Waals surface area contributed by atoms with E-state index in [1.165, 1.54) is 12.1 Å². The summed E-state index contributed by atoms with van der Waals surface area (Å²) in [6.45, 7) is -0.426. The first-order chi connectivity index (χ1) is 6.60. The van der Waals surface area contributed by atoms with Crippen LogP contribution in [0.25, 0.3) is 0 Å². The summed E-state index contributed by atoms with van der Waals surface area (Å²) in [5.41, 5.74) is 0.417. The molecule has 5 heteroatoms. The van der Waals surface area contributed by atoms with E-state index >= 15 is 0 Å². The Hall–Kier alpha value is -1.51. The van der Waals surface area contributed by atoms with Gasteiger partial charge >= 0.3 is 5.97 Å². The fourth-order valence-corrected chi connectivity index (χ4v) is 1.50. The van der Waals surface area contributed by atoms with E-state index in [9.17, 15) is 4.79 Å². The van der Waals surface area contributed by atoms with Crippen molar-refractivity contribution in [1.82, 2.24) is 0 Å². The van der Waals surface area contributed by atoms with Gasteiger partial charge in [-0.05, 0) is 17.7 Å². The summed E-state index contributed by atoms with van der Waals surface area (Å²) >= 11 is 3.94. The van der Waals surface area contributed by atoms with E-state index in [2.05, 4.69) is 12.6 Å². The van der Waals surface area contributed by atoms with Gasteiger partial charge in [0.1, 0.15) is 0 Å². The molecular weight excluding hydrogens is 202 g/mol. The Morgan fingerprint density at radius 2 is 2.21 bits per heavy atom. The van der Waals surface area contributed by atoms with Crippen LogP contribution in [-0.2, 0) is 6.61 Å². The smallest absolute Gasteiger partial charge is 0.337 e. The lowest BCUT2D eigenvalue weighted by Gasteiger charge is -2.06. The van der Waals surface area contributed by atoms with Crippen LogP contribution in [0.4, 0.5) is 0 Å². The predicted octanol–water partition coefficient (Wildman–Crippen LogP) is 1.04.